The molecule has 1 aromatic carbocycles. The molecule has 3 heteroatoms. The summed E-state index contributed by atoms with van der Waals surface area (Å²) in [6.45, 7) is 10.1. The van der Waals surface area contributed by atoms with E-state index < -0.39 is 0 Å². The Bertz CT molecular complexity index is 421. The summed E-state index contributed by atoms with van der Waals surface area (Å²) in [7, 11) is 0. The normalized spacial score (nSPS) is 21.6. The summed E-state index contributed by atoms with van der Waals surface area (Å²) < 4.78 is 5.90. The minimum absolute atomic E-state index is 0.274. The molecule has 2 atom stereocenters. The van der Waals surface area contributed by atoms with Gasteiger partial charge in [0.15, 0.2) is 0 Å². The van der Waals surface area contributed by atoms with Crippen LogP contribution in [-0.4, -0.2) is 36.7 Å². The second kappa shape index (κ2) is 8.28. The molecule has 1 saturated heterocycles. The predicted molar refractivity (Wildman–Crippen MR) is 90.2 cm³/mol. The fourth-order valence-corrected chi connectivity index (χ4v) is 2.83. The largest absolute Gasteiger partial charge is 0.491 e. The molecular weight excluding hydrogens is 260 g/mol. The molecule has 3 nitrogen and oxygen atoms in total. The zero-order chi connectivity index (χ0) is 15.1. The van der Waals surface area contributed by atoms with E-state index in [1.165, 1.54) is 44.6 Å². The molecular formula is C18H30N2O. The van der Waals surface area contributed by atoms with Gasteiger partial charge < -0.3 is 15.0 Å². The lowest BCUT2D eigenvalue weighted by Crippen LogP contribution is -2.26. The van der Waals surface area contributed by atoms with Crippen LogP contribution in [-0.2, 0) is 0 Å². The monoisotopic (exact) mass is 290 g/mol. The molecule has 1 heterocycles. The van der Waals surface area contributed by atoms with Crippen molar-refractivity contribution in [2.75, 3.05) is 25.0 Å². The first-order valence-corrected chi connectivity index (χ1v) is 8.46. The summed E-state index contributed by atoms with van der Waals surface area (Å²) in [6, 6.07) is 8.99. The van der Waals surface area contributed by atoms with Crippen molar-refractivity contribution in [3.8, 4) is 5.75 Å². The van der Waals surface area contributed by atoms with Crippen molar-refractivity contribution in [1.29, 1.82) is 0 Å². The van der Waals surface area contributed by atoms with Crippen molar-refractivity contribution in [1.82, 2.24) is 4.90 Å². The number of nitrogens with one attached hydrogen (secondary N) is 1. The molecule has 0 bridgehead atoms. The fourth-order valence-electron chi connectivity index (χ4n) is 2.83. The number of nitrogens with zero attached hydrogens (tertiary/aromatic N) is 1. The summed E-state index contributed by atoms with van der Waals surface area (Å²) in [5.74, 6) is 0.971. The van der Waals surface area contributed by atoms with Crippen molar-refractivity contribution in [2.24, 2.45) is 0 Å². The molecule has 1 aromatic rings. The van der Waals surface area contributed by atoms with E-state index in [-0.39, 0.29) is 6.10 Å². The highest BCUT2D eigenvalue weighted by molar-refractivity contribution is 5.48. The van der Waals surface area contributed by atoms with Gasteiger partial charge in [-0.25, -0.2) is 0 Å². The Morgan fingerprint density at radius 2 is 2.14 bits per heavy atom. The number of benzene rings is 1. The van der Waals surface area contributed by atoms with Gasteiger partial charge in [0.25, 0.3) is 0 Å². The Morgan fingerprint density at radius 1 is 1.29 bits per heavy atom. The lowest BCUT2D eigenvalue weighted by Gasteiger charge is -2.20. The first-order valence-electron chi connectivity index (χ1n) is 8.46. The van der Waals surface area contributed by atoms with Gasteiger partial charge in [-0.1, -0.05) is 19.9 Å². The standard InChI is InChI=1S/C18H30N2O/c1-4-15(3)21-18-10-6-8-17(14-18)19-16-9-7-12-20(5-2)13-11-16/h6,8,10,14-16,19H,4-5,7,9,11-13H2,1-3H3. The van der Waals surface area contributed by atoms with Crippen LogP contribution in [0.5, 0.6) is 5.75 Å². The van der Waals surface area contributed by atoms with Crippen LogP contribution in [0.2, 0.25) is 0 Å². The Kier molecular flexibility index (Phi) is 6.37. The van der Waals surface area contributed by atoms with Gasteiger partial charge in [-0.15, -0.1) is 0 Å². The molecule has 0 saturated carbocycles. The first-order chi connectivity index (χ1) is 10.2. The number of anilines is 1. The molecule has 118 valence electrons. The van der Waals surface area contributed by atoms with Crippen LogP contribution in [0, 0.1) is 0 Å². The Labute approximate surface area is 129 Å². The zero-order valence-corrected chi connectivity index (χ0v) is 13.8. The van der Waals surface area contributed by atoms with Crippen LogP contribution >= 0.6 is 0 Å². The predicted octanol–water partition coefficient (Wildman–Crippen LogP) is 4.15. The Hall–Kier alpha value is -1.22. The summed E-state index contributed by atoms with van der Waals surface area (Å²) in [5, 5.41) is 3.69. The Morgan fingerprint density at radius 3 is 2.90 bits per heavy atom. The number of likely N-dealkylation sites (tertiary alicyclic amines) is 1. The topological polar surface area (TPSA) is 24.5 Å². The second-order valence-electron chi connectivity index (χ2n) is 6.07. The van der Waals surface area contributed by atoms with E-state index in [9.17, 15) is 0 Å². The van der Waals surface area contributed by atoms with Crippen LogP contribution < -0.4 is 10.1 Å². The van der Waals surface area contributed by atoms with Crippen LogP contribution in [0.1, 0.15) is 46.5 Å². The van der Waals surface area contributed by atoms with Gasteiger partial charge in [0, 0.05) is 24.3 Å². The smallest absolute Gasteiger partial charge is 0.121 e. The lowest BCUT2D eigenvalue weighted by molar-refractivity contribution is 0.217. The van der Waals surface area contributed by atoms with Gasteiger partial charge in [-0.05, 0) is 57.8 Å². The average Bonchev–Trinajstić information content (AvgIpc) is 2.72. The molecule has 1 aliphatic rings. The van der Waals surface area contributed by atoms with E-state index in [1.807, 2.05) is 6.07 Å². The molecule has 0 spiro atoms. The average molecular weight is 290 g/mol. The van der Waals surface area contributed by atoms with Crippen molar-refractivity contribution in [3.05, 3.63) is 24.3 Å². The van der Waals surface area contributed by atoms with Crippen LogP contribution in [0.3, 0.4) is 0 Å². The number of hydrogen-bond acceptors (Lipinski definition) is 3. The van der Waals surface area contributed by atoms with E-state index in [1.54, 1.807) is 0 Å². The summed E-state index contributed by atoms with van der Waals surface area (Å²) in [5.41, 5.74) is 1.19. The van der Waals surface area contributed by atoms with Crippen molar-refractivity contribution < 1.29 is 4.74 Å². The third-order valence-electron chi connectivity index (χ3n) is 4.38. The zero-order valence-electron chi connectivity index (χ0n) is 13.8. The molecule has 0 aromatic heterocycles. The minimum atomic E-state index is 0.274. The summed E-state index contributed by atoms with van der Waals surface area (Å²) in [6.07, 6.45) is 5.08. The second-order valence-corrected chi connectivity index (χ2v) is 6.07. The number of hydrogen-bond donors (Lipinski definition) is 1. The minimum Gasteiger partial charge on any atom is -0.491 e. The molecule has 0 amide bonds. The highest BCUT2D eigenvalue weighted by Gasteiger charge is 2.15. The van der Waals surface area contributed by atoms with E-state index in [0.29, 0.717) is 6.04 Å². The Balaban J connectivity index is 1.91. The third-order valence-corrected chi connectivity index (χ3v) is 4.38. The lowest BCUT2D eigenvalue weighted by atomic mass is 10.1. The van der Waals surface area contributed by atoms with E-state index in [4.69, 9.17) is 4.74 Å². The molecule has 1 N–H and O–H groups in total. The molecule has 21 heavy (non-hydrogen) atoms. The SMILES string of the molecule is CCC(C)Oc1cccc(NC2CCCN(CC)CC2)c1. The van der Waals surface area contributed by atoms with E-state index in [2.05, 4.69) is 49.2 Å². The molecule has 1 aliphatic heterocycles. The highest BCUT2D eigenvalue weighted by atomic mass is 16.5. The van der Waals surface area contributed by atoms with Crippen LogP contribution in [0.15, 0.2) is 24.3 Å². The fraction of sp³-hybridized carbons (Fsp3) is 0.667. The third kappa shape index (κ3) is 5.24. The maximum absolute atomic E-state index is 5.90. The van der Waals surface area contributed by atoms with Crippen LogP contribution in [0.25, 0.3) is 0 Å². The summed E-state index contributed by atoms with van der Waals surface area (Å²) >= 11 is 0. The van der Waals surface area contributed by atoms with E-state index >= 15 is 0 Å². The molecule has 0 radical (unpaired) electrons. The molecule has 2 unspecified atom stereocenters. The van der Waals surface area contributed by atoms with Crippen molar-refractivity contribution >= 4 is 5.69 Å². The summed E-state index contributed by atoms with van der Waals surface area (Å²) in [4.78, 5) is 2.55. The van der Waals surface area contributed by atoms with E-state index in [0.717, 1.165) is 12.2 Å². The maximum atomic E-state index is 5.90. The number of ether oxygens (including phenoxy) is 1. The van der Waals surface area contributed by atoms with Crippen LogP contribution in [0.4, 0.5) is 5.69 Å². The molecule has 1 fully saturated rings. The van der Waals surface area contributed by atoms with Gasteiger partial charge >= 0.3 is 0 Å². The van der Waals surface area contributed by atoms with Gasteiger partial charge in [0.2, 0.25) is 0 Å². The van der Waals surface area contributed by atoms with Crippen molar-refractivity contribution in [2.45, 2.75) is 58.6 Å². The molecule has 2 rings (SSSR count). The van der Waals surface area contributed by atoms with Crippen molar-refractivity contribution in [3.63, 3.8) is 0 Å². The number of rotatable bonds is 6. The first kappa shape index (κ1) is 16.2. The quantitative estimate of drug-likeness (QED) is 0.851. The van der Waals surface area contributed by atoms with Gasteiger partial charge in [0.1, 0.15) is 5.75 Å². The maximum Gasteiger partial charge on any atom is 0.121 e. The van der Waals surface area contributed by atoms with Gasteiger partial charge in [0.05, 0.1) is 6.10 Å². The van der Waals surface area contributed by atoms with Gasteiger partial charge in [-0.2, -0.15) is 0 Å². The highest BCUT2D eigenvalue weighted by Crippen LogP contribution is 2.22. The molecule has 0 aliphatic carbocycles. The van der Waals surface area contributed by atoms with Gasteiger partial charge in [-0.3, -0.25) is 0 Å².